The number of halogens is 1. The van der Waals surface area contributed by atoms with E-state index in [2.05, 4.69) is 47.3 Å². The highest BCUT2D eigenvalue weighted by Crippen LogP contribution is 2.18. The van der Waals surface area contributed by atoms with Gasteiger partial charge in [0.25, 0.3) is 0 Å². The first-order valence-corrected chi connectivity index (χ1v) is 6.81. The molecule has 1 aliphatic heterocycles. The lowest BCUT2D eigenvalue weighted by Crippen LogP contribution is -2.27. The molecule has 1 fully saturated rings. The number of aryl methyl sites for hydroxylation is 1. The fourth-order valence-electron chi connectivity index (χ4n) is 2.70. The van der Waals surface area contributed by atoms with Gasteiger partial charge in [0.1, 0.15) is 0 Å². The molecule has 2 aromatic rings. The Kier molecular flexibility index (Phi) is 4.81. The van der Waals surface area contributed by atoms with Gasteiger partial charge in [-0.15, -0.1) is 12.4 Å². The SMILES string of the molecule is Cc1ccccc1-n1nccc1CN1CC[C@H](N)C1.Cl. The largest absolute Gasteiger partial charge is 0.326 e. The van der Waals surface area contributed by atoms with E-state index >= 15 is 0 Å². The predicted molar refractivity (Wildman–Crippen MR) is 83.4 cm³/mol. The first-order chi connectivity index (χ1) is 9.24. The number of nitrogens with two attached hydrogens (primary N) is 1. The summed E-state index contributed by atoms with van der Waals surface area (Å²) in [6, 6.07) is 10.8. The zero-order valence-corrected chi connectivity index (χ0v) is 12.5. The van der Waals surface area contributed by atoms with E-state index in [9.17, 15) is 0 Å². The van der Waals surface area contributed by atoms with E-state index < -0.39 is 0 Å². The second kappa shape index (κ2) is 6.39. The van der Waals surface area contributed by atoms with Crippen LogP contribution in [0.2, 0.25) is 0 Å². The molecule has 5 heteroatoms. The Morgan fingerprint density at radius 1 is 1.30 bits per heavy atom. The molecule has 3 rings (SSSR count). The van der Waals surface area contributed by atoms with Gasteiger partial charge < -0.3 is 5.73 Å². The lowest BCUT2D eigenvalue weighted by atomic mass is 10.2. The Labute approximate surface area is 126 Å². The molecule has 0 unspecified atom stereocenters. The Morgan fingerprint density at radius 2 is 2.10 bits per heavy atom. The third kappa shape index (κ3) is 3.03. The summed E-state index contributed by atoms with van der Waals surface area (Å²) < 4.78 is 2.04. The molecule has 0 amide bonds. The molecule has 1 aromatic heterocycles. The topological polar surface area (TPSA) is 47.1 Å². The number of hydrogen-bond acceptors (Lipinski definition) is 3. The van der Waals surface area contributed by atoms with Crippen LogP contribution >= 0.6 is 12.4 Å². The van der Waals surface area contributed by atoms with Crippen LogP contribution in [-0.2, 0) is 6.54 Å². The maximum absolute atomic E-state index is 5.96. The van der Waals surface area contributed by atoms with Gasteiger partial charge in [-0.2, -0.15) is 5.10 Å². The van der Waals surface area contributed by atoms with E-state index in [-0.39, 0.29) is 12.4 Å². The Morgan fingerprint density at radius 3 is 2.80 bits per heavy atom. The fraction of sp³-hybridized carbons (Fsp3) is 0.400. The molecule has 0 spiro atoms. The van der Waals surface area contributed by atoms with Crippen molar-refractivity contribution >= 4 is 12.4 Å². The molecule has 0 saturated carbocycles. The van der Waals surface area contributed by atoms with Gasteiger partial charge in [0.2, 0.25) is 0 Å². The molecule has 20 heavy (non-hydrogen) atoms. The fourth-order valence-corrected chi connectivity index (χ4v) is 2.70. The van der Waals surface area contributed by atoms with Crippen molar-refractivity contribution in [2.75, 3.05) is 13.1 Å². The summed E-state index contributed by atoms with van der Waals surface area (Å²) in [5.74, 6) is 0. The number of benzene rings is 1. The normalized spacial score (nSPS) is 19.0. The van der Waals surface area contributed by atoms with Crippen LogP contribution < -0.4 is 5.73 Å². The summed E-state index contributed by atoms with van der Waals surface area (Å²) in [6.07, 6.45) is 2.97. The predicted octanol–water partition coefficient (Wildman–Crippen LogP) is 2.14. The Bertz CT molecular complexity index is 567. The average molecular weight is 293 g/mol. The first kappa shape index (κ1) is 15.0. The monoisotopic (exact) mass is 292 g/mol. The van der Waals surface area contributed by atoms with Crippen LogP contribution in [0.5, 0.6) is 0 Å². The van der Waals surface area contributed by atoms with Gasteiger partial charge >= 0.3 is 0 Å². The summed E-state index contributed by atoms with van der Waals surface area (Å²) in [5.41, 5.74) is 9.59. The minimum atomic E-state index is 0. The van der Waals surface area contributed by atoms with E-state index in [0.717, 1.165) is 31.7 Å². The number of nitrogens with zero attached hydrogens (tertiary/aromatic N) is 3. The van der Waals surface area contributed by atoms with Crippen LogP contribution in [0.15, 0.2) is 36.5 Å². The maximum atomic E-state index is 5.96. The van der Waals surface area contributed by atoms with Crippen LogP contribution in [0.4, 0.5) is 0 Å². The van der Waals surface area contributed by atoms with Gasteiger partial charge in [0.05, 0.1) is 11.4 Å². The number of rotatable bonds is 3. The van der Waals surface area contributed by atoms with Crippen LogP contribution in [0, 0.1) is 6.92 Å². The molecule has 4 nitrogen and oxygen atoms in total. The van der Waals surface area contributed by atoms with Gasteiger partial charge in [-0.25, -0.2) is 4.68 Å². The molecule has 0 radical (unpaired) electrons. The summed E-state index contributed by atoms with van der Waals surface area (Å²) in [6.45, 7) is 5.10. The molecular formula is C15H21ClN4. The number of aromatic nitrogens is 2. The Balaban J connectivity index is 0.00000147. The lowest BCUT2D eigenvalue weighted by Gasteiger charge is -2.17. The summed E-state index contributed by atoms with van der Waals surface area (Å²) in [4.78, 5) is 2.40. The second-order valence-corrected chi connectivity index (χ2v) is 5.30. The van der Waals surface area contributed by atoms with E-state index in [1.54, 1.807) is 0 Å². The van der Waals surface area contributed by atoms with Crippen LogP contribution in [0.1, 0.15) is 17.7 Å². The third-order valence-electron chi connectivity index (χ3n) is 3.76. The summed E-state index contributed by atoms with van der Waals surface area (Å²) in [7, 11) is 0. The number of likely N-dealkylation sites (tertiary alicyclic amines) is 1. The first-order valence-electron chi connectivity index (χ1n) is 6.81. The molecule has 0 aliphatic carbocycles. The van der Waals surface area contributed by atoms with Crippen molar-refractivity contribution in [3.8, 4) is 5.69 Å². The standard InChI is InChI=1S/C15H20N4.ClH/c1-12-4-2-3-5-15(12)19-14(6-8-17-19)11-18-9-7-13(16)10-18;/h2-6,8,13H,7,9-11,16H2,1H3;1H/t13-;/m0./s1. The zero-order valence-electron chi connectivity index (χ0n) is 11.7. The second-order valence-electron chi connectivity index (χ2n) is 5.30. The molecule has 1 saturated heterocycles. The van der Waals surface area contributed by atoms with Crippen molar-refractivity contribution in [2.24, 2.45) is 5.73 Å². The van der Waals surface area contributed by atoms with E-state index in [1.165, 1.54) is 11.3 Å². The van der Waals surface area contributed by atoms with Crippen molar-refractivity contribution in [2.45, 2.75) is 25.9 Å². The molecule has 2 N–H and O–H groups in total. The summed E-state index contributed by atoms with van der Waals surface area (Å²) >= 11 is 0. The van der Waals surface area contributed by atoms with E-state index in [0.29, 0.717) is 6.04 Å². The van der Waals surface area contributed by atoms with Crippen LogP contribution in [0.3, 0.4) is 0 Å². The average Bonchev–Trinajstić information content (AvgIpc) is 3.00. The highest BCUT2D eigenvalue weighted by atomic mass is 35.5. The smallest absolute Gasteiger partial charge is 0.0678 e. The molecule has 1 aliphatic rings. The van der Waals surface area contributed by atoms with Crippen molar-refractivity contribution in [1.29, 1.82) is 0 Å². The minimum absolute atomic E-state index is 0. The molecule has 2 heterocycles. The molecule has 1 aromatic carbocycles. The van der Waals surface area contributed by atoms with Gasteiger partial charge in [-0.1, -0.05) is 18.2 Å². The number of para-hydroxylation sites is 1. The van der Waals surface area contributed by atoms with Gasteiger partial charge in [-0.05, 0) is 31.0 Å². The third-order valence-corrected chi connectivity index (χ3v) is 3.76. The zero-order chi connectivity index (χ0) is 13.2. The quantitative estimate of drug-likeness (QED) is 0.943. The Hall–Kier alpha value is -1.36. The molecule has 108 valence electrons. The van der Waals surface area contributed by atoms with Crippen LogP contribution in [0.25, 0.3) is 5.69 Å². The maximum Gasteiger partial charge on any atom is 0.0678 e. The van der Waals surface area contributed by atoms with Gasteiger partial charge in [0.15, 0.2) is 0 Å². The van der Waals surface area contributed by atoms with Crippen molar-refractivity contribution in [3.63, 3.8) is 0 Å². The number of hydrogen-bond donors (Lipinski definition) is 1. The van der Waals surface area contributed by atoms with E-state index in [4.69, 9.17) is 5.73 Å². The van der Waals surface area contributed by atoms with Crippen molar-refractivity contribution in [3.05, 3.63) is 47.8 Å². The van der Waals surface area contributed by atoms with Gasteiger partial charge in [-0.3, -0.25) is 4.90 Å². The highest BCUT2D eigenvalue weighted by Gasteiger charge is 2.20. The van der Waals surface area contributed by atoms with Crippen molar-refractivity contribution < 1.29 is 0 Å². The lowest BCUT2D eigenvalue weighted by molar-refractivity contribution is 0.319. The molecule has 1 atom stereocenters. The molecular weight excluding hydrogens is 272 g/mol. The van der Waals surface area contributed by atoms with Gasteiger partial charge in [0, 0.05) is 31.9 Å². The summed E-state index contributed by atoms with van der Waals surface area (Å²) in [5, 5.41) is 4.47. The minimum Gasteiger partial charge on any atom is -0.326 e. The van der Waals surface area contributed by atoms with E-state index in [1.807, 2.05) is 10.9 Å². The van der Waals surface area contributed by atoms with Crippen molar-refractivity contribution in [1.82, 2.24) is 14.7 Å². The highest BCUT2D eigenvalue weighted by molar-refractivity contribution is 5.85. The van der Waals surface area contributed by atoms with Crippen LogP contribution in [-0.4, -0.2) is 33.8 Å². The molecule has 0 bridgehead atoms.